The van der Waals surface area contributed by atoms with Crippen LogP contribution in [0.1, 0.15) is 32.7 Å². The van der Waals surface area contributed by atoms with E-state index in [2.05, 4.69) is 46.8 Å². The summed E-state index contributed by atoms with van der Waals surface area (Å²) < 4.78 is 0. The Morgan fingerprint density at radius 1 is 0.962 bits per heavy atom. The molecule has 1 amide bonds. The smallest absolute Gasteiger partial charge is 0.270 e. The van der Waals surface area contributed by atoms with Crippen molar-refractivity contribution < 1.29 is 4.79 Å². The van der Waals surface area contributed by atoms with E-state index in [0.717, 1.165) is 16.8 Å². The van der Waals surface area contributed by atoms with Gasteiger partial charge in [0.15, 0.2) is 0 Å². The maximum atomic E-state index is 12.4. The van der Waals surface area contributed by atoms with Crippen LogP contribution in [0.15, 0.2) is 66.9 Å². The van der Waals surface area contributed by atoms with Crippen molar-refractivity contribution >= 4 is 11.6 Å². The molecule has 0 aliphatic rings. The summed E-state index contributed by atoms with van der Waals surface area (Å²) in [5.74, 6) is -0.174. The zero-order valence-electron chi connectivity index (χ0n) is 15.1. The van der Waals surface area contributed by atoms with Crippen molar-refractivity contribution in [2.24, 2.45) is 0 Å². The molecular weight excluding hydrogens is 322 g/mol. The largest absolute Gasteiger partial charge is 0.381 e. The molecule has 132 valence electrons. The highest BCUT2D eigenvalue weighted by atomic mass is 16.1. The van der Waals surface area contributed by atoms with Crippen molar-refractivity contribution in [3.63, 3.8) is 0 Å². The molecule has 0 radical (unpaired) electrons. The number of nitrogens with zero attached hydrogens (tertiary/aromatic N) is 1. The van der Waals surface area contributed by atoms with Gasteiger partial charge in [-0.3, -0.25) is 9.78 Å². The van der Waals surface area contributed by atoms with E-state index in [9.17, 15) is 4.79 Å². The quantitative estimate of drug-likeness (QED) is 0.702. The molecule has 26 heavy (non-hydrogen) atoms. The highest BCUT2D eigenvalue weighted by molar-refractivity contribution is 5.93. The Morgan fingerprint density at radius 3 is 2.50 bits per heavy atom. The van der Waals surface area contributed by atoms with Gasteiger partial charge in [0.2, 0.25) is 0 Å². The second-order valence-corrected chi connectivity index (χ2v) is 6.38. The van der Waals surface area contributed by atoms with Gasteiger partial charge in [-0.25, -0.2) is 0 Å². The maximum absolute atomic E-state index is 12.4. The minimum atomic E-state index is -0.174. The van der Waals surface area contributed by atoms with Gasteiger partial charge < -0.3 is 10.6 Å². The summed E-state index contributed by atoms with van der Waals surface area (Å²) in [5.41, 5.74) is 5.99. The van der Waals surface area contributed by atoms with Crippen molar-refractivity contribution in [2.45, 2.75) is 26.9 Å². The molecule has 1 heterocycles. The number of carbonyl (C=O) groups excluding carboxylic acids is 1. The molecule has 0 bridgehead atoms. The number of pyridine rings is 1. The second-order valence-electron chi connectivity index (χ2n) is 6.38. The van der Waals surface area contributed by atoms with Crippen LogP contribution in [-0.2, 0) is 13.1 Å². The van der Waals surface area contributed by atoms with Gasteiger partial charge in [-0.2, -0.15) is 0 Å². The Hall–Kier alpha value is -3.14. The predicted molar refractivity (Wildman–Crippen MR) is 105 cm³/mol. The number of aryl methyl sites for hydroxylation is 2. The monoisotopic (exact) mass is 345 g/mol. The first kappa shape index (κ1) is 17.7. The van der Waals surface area contributed by atoms with Gasteiger partial charge in [0, 0.05) is 25.0 Å². The molecule has 2 N–H and O–H groups in total. The van der Waals surface area contributed by atoms with E-state index in [-0.39, 0.29) is 5.91 Å². The lowest BCUT2D eigenvalue weighted by Gasteiger charge is -2.10. The predicted octanol–water partition coefficient (Wildman–Crippen LogP) is 4.24. The van der Waals surface area contributed by atoms with E-state index < -0.39 is 0 Å². The van der Waals surface area contributed by atoms with Crippen LogP contribution in [0, 0.1) is 13.8 Å². The van der Waals surface area contributed by atoms with Crippen LogP contribution in [0.3, 0.4) is 0 Å². The van der Waals surface area contributed by atoms with Gasteiger partial charge in [0.1, 0.15) is 5.69 Å². The van der Waals surface area contributed by atoms with E-state index in [1.54, 1.807) is 12.3 Å². The van der Waals surface area contributed by atoms with E-state index in [1.165, 1.54) is 11.1 Å². The molecule has 3 aromatic rings. The maximum Gasteiger partial charge on any atom is 0.270 e. The fourth-order valence-electron chi connectivity index (χ4n) is 2.65. The summed E-state index contributed by atoms with van der Waals surface area (Å²) in [5, 5.41) is 6.27. The number of hydrogen-bond donors (Lipinski definition) is 2. The van der Waals surface area contributed by atoms with Gasteiger partial charge in [0.05, 0.1) is 0 Å². The summed E-state index contributed by atoms with van der Waals surface area (Å²) in [7, 11) is 0. The fourth-order valence-corrected chi connectivity index (χ4v) is 2.65. The molecule has 0 unspecified atom stereocenters. The van der Waals surface area contributed by atoms with Gasteiger partial charge in [-0.1, -0.05) is 54.1 Å². The normalized spacial score (nSPS) is 10.4. The number of hydrogen-bond acceptors (Lipinski definition) is 3. The lowest BCUT2D eigenvalue weighted by molar-refractivity contribution is 0.0946. The van der Waals surface area contributed by atoms with Crippen molar-refractivity contribution in [1.29, 1.82) is 0 Å². The van der Waals surface area contributed by atoms with Crippen LogP contribution in [0.4, 0.5) is 5.69 Å². The molecule has 0 atom stereocenters. The van der Waals surface area contributed by atoms with Crippen LogP contribution in [0.25, 0.3) is 0 Å². The Balaban J connectivity index is 1.60. The Labute approximate surface area is 154 Å². The third kappa shape index (κ3) is 4.70. The third-order valence-electron chi connectivity index (χ3n) is 4.31. The molecule has 1 aromatic heterocycles. The van der Waals surface area contributed by atoms with Gasteiger partial charge in [-0.15, -0.1) is 0 Å². The zero-order chi connectivity index (χ0) is 18.4. The van der Waals surface area contributed by atoms with Crippen LogP contribution < -0.4 is 10.6 Å². The van der Waals surface area contributed by atoms with Gasteiger partial charge >= 0.3 is 0 Å². The first-order valence-corrected chi connectivity index (χ1v) is 8.70. The number of carbonyl (C=O) groups is 1. The fraction of sp³-hybridized carbons (Fsp3) is 0.182. The molecule has 4 nitrogen and oxygen atoms in total. The van der Waals surface area contributed by atoms with Crippen LogP contribution in [0.2, 0.25) is 0 Å². The number of amides is 1. The minimum Gasteiger partial charge on any atom is -0.381 e. The Morgan fingerprint density at radius 2 is 1.73 bits per heavy atom. The van der Waals surface area contributed by atoms with E-state index >= 15 is 0 Å². The summed E-state index contributed by atoms with van der Waals surface area (Å²) in [4.78, 5) is 16.6. The molecule has 0 fully saturated rings. The average molecular weight is 345 g/mol. The minimum absolute atomic E-state index is 0.174. The van der Waals surface area contributed by atoms with Crippen LogP contribution >= 0.6 is 0 Å². The van der Waals surface area contributed by atoms with Crippen molar-refractivity contribution in [3.8, 4) is 0 Å². The highest BCUT2D eigenvalue weighted by Gasteiger charge is 2.08. The Kier molecular flexibility index (Phi) is 5.64. The first-order chi connectivity index (χ1) is 12.6. The molecule has 0 aliphatic heterocycles. The molecular formula is C22H23N3O. The number of nitrogens with one attached hydrogen (secondary N) is 2. The van der Waals surface area contributed by atoms with E-state index in [4.69, 9.17) is 0 Å². The zero-order valence-corrected chi connectivity index (χ0v) is 15.1. The molecule has 0 aliphatic carbocycles. The summed E-state index contributed by atoms with van der Waals surface area (Å²) in [6.45, 7) is 5.31. The highest BCUT2D eigenvalue weighted by Crippen LogP contribution is 2.12. The first-order valence-electron chi connectivity index (χ1n) is 8.70. The van der Waals surface area contributed by atoms with Gasteiger partial charge in [0.25, 0.3) is 5.91 Å². The summed E-state index contributed by atoms with van der Waals surface area (Å²) in [6.07, 6.45) is 1.65. The van der Waals surface area contributed by atoms with Crippen molar-refractivity contribution in [3.05, 3.63) is 94.8 Å². The average Bonchev–Trinajstić information content (AvgIpc) is 2.67. The van der Waals surface area contributed by atoms with E-state index in [0.29, 0.717) is 18.8 Å². The topological polar surface area (TPSA) is 54.0 Å². The molecule has 3 rings (SSSR count). The Bertz CT molecular complexity index is 888. The third-order valence-corrected chi connectivity index (χ3v) is 4.31. The number of aromatic nitrogens is 1. The van der Waals surface area contributed by atoms with Crippen molar-refractivity contribution in [2.75, 3.05) is 5.32 Å². The molecule has 0 spiro atoms. The van der Waals surface area contributed by atoms with Crippen LogP contribution in [0.5, 0.6) is 0 Å². The molecule has 4 heteroatoms. The molecule has 0 saturated carbocycles. The van der Waals surface area contributed by atoms with E-state index in [1.807, 2.05) is 37.3 Å². The summed E-state index contributed by atoms with van der Waals surface area (Å²) >= 11 is 0. The molecule has 2 aromatic carbocycles. The number of benzene rings is 2. The lowest BCUT2D eigenvalue weighted by Crippen LogP contribution is -2.24. The van der Waals surface area contributed by atoms with Gasteiger partial charge in [-0.05, 0) is 42.7 Å². The van der Waals surface area contributed by atoms with Crippen molar-refractivity contribution in [1.82, 2.24) is 10.3 Å². The summed E-state index contributed by atoms with van der Waals surface area (Å²) in [6, 6.07) is 20.0. The van der Waals surface area contributed by atoms with Crippen LogP contribution in [-0.4, -0.2) is 10.9 Å². The second kappa shape index (κ2) is 8.30. The number of anilines is 1. The SMILES string of the molecule is Cc1ccc(CNc2ccnc(C(=O)NCc3ccccc3C)c2)cc1. The lowest BCUT2D eigenvalue weighted by atomic mass is 10.1. The number of rotatable bonds is 6. The molecule has 0 saturated heterocycles. The standard InChI is InChI=1S/C22H23N3O/c1-16-7-9-18(10-8-16)14-24-20-11-12-23-21(13-20)22(26)25-15-19-6-4-3-5-17(19)2/h3-13H,14-15H2,1-2H3,(H,23,24)(H,25,26).